The third-order valence-corrected chi connectivity index (χ3v) is 3.50. The number of benzene rings is 1. The molecule has 1 aromatic heterocycles. The van der Waals surface area contributed by atoms with E-state index in [-0.39, 0.29) is 0 Å². The molecule has 0 aliphatic carbocycles. The predicted octanol–water partition coefficient (Wildman–Crippen LogP) is 3.91. The van der Waals surface area contributed by atoms with E-state index in [0.29, 0.717) is 16.3 Å². The van der Waals surface area contributed by atoms with Gasteiger partial charge in [-0.05, 0) is 24.7 Å². The van der Waals surface area contributed by atoms with E-state index in [2.05, 4.69) is 22.2 Å². The van der Waals surface area contributed by atoms with Gasteiger partial charge in [0, 0.05) is 18.0 Å². The lowest BCUT2D eigenvalue weighted by Crippen LogP contribution is -2.05. The minimum absolute atomic E-state index is 0.452. The van der Waals surface area contributed by atoms with Crippen LogP contribution in [0.25, 0.3) is 10.9 Å². The quantitative estimate of drug-likeness (QED) is 0.600. The number of hydrogen-bond donors (Lipinski definition) is 2. The Morgan fingerprint density at radius 2 is 1.90 bits per heavy atom. The fourth-order valence-corrected chi connectivity index (χ4v) is 2.40. The fourth-order valence-electron chi connectivity index (χ4n) is 2.20. The van der Waals surface area contributed by atoms with E-state index in [1.165, 1.54) is 12.8 Å². The normalized spacial score (nSPS) is 10.6. The molecule has 6 heteroatoms. The molecule has 0 amide bonds. The number of methoxy groups -OCH3 is 2. The first-order valence-corrected chi connectivity index (χ1v) is 7.50. The second-order valence-electron chi connectivity index (χ2n) is 4.78. The van der Waals surface area contributed by atoms with E-state index in [0.717, 1.165) is 29.7 Å². The minimum Gasteiger partial charge on any atom is -0.493 e. The summed E-state index contributed by atoms with van der Waals surface area (Å²) in [5.74, 6) is 2.12. The molecular weight excluding hydrogens is 286 g/mol. The van der Waals surface area contributed by atoms with Gasteiger partial charge in [0.25, 0.3) is 0 Å². The number of fused-ring (bicyclic) bond motifs is 1. The summed E-state index contributed by atoms with van der Waals surface area (Å²) >= 11 is 5.19. The Kier molecular flexibility index (Phi) is 5.38. The number of hydrogen-bond acceptors (Lipinski definition) is 5. The van der Waals surface area contributed by atoms with Crippen molar-refractivity contribution in [3.8, 4) is 11.5 Å². The highest BCUT2D eigenvalue weighted by Gasteiger charge is 2.10. The van der Waals surface area contributed by atoms with Crippen LogP contribution in [0, 0.1) is 4.77 Å². The van der Waals surface area contributed by atoms with Crippen LogP contribution in [0.5, 0.6) is 11.5 Å². The van der Waals surface area contributed by atoms with Gasteiger partial charge in [0.2, 0.25) is 0 Å². The predicted molar refractivity (Wildman–Crippen MR) is 88.0 cm³/mol. The summed E-state index contributed by atoms with van der Waals surface area (Å²) in [6, 6.07) is 3.79. The Bertz CT molecular complexity index is 670. The van der Waals surface area contributed by atoms with Crippen LogP contribution in [0.2, 0.25) is 0 Å². The standard InChI is InChI=1S/C15H21N3O2S/c1-4-5-6-7-16-14-10-8-12(19-2)13(20-3)9-11(10)17-15(21)18-14/h8-9H,4-7H2,1-3H3,(H2,16,17,18,21). The summed E-state index contributed by atoms with van der Waals surface area (Å²) in [6.07, 6.45) is 3.50. The molecule has 2 rings (SSSR count). The Balaban J connectivity index is 2.41. The van der Waals surface area contributed by atoms with Crippen molar-refractivity contribution in [1.82, 2.24) is 9.97 Å². The number of aromatic nitrogens is 2. The van der Waals surface area contributed by atoms with Crippen molar-refractivity contribution in [3.63, 3.8) is 0 Å². The topological polar surface area (TPSA) is 59.2 Å². The van der Waals surface area contributed by atoms with Crippen molar-refractivity contribution >= 4 is 28.9 Å². The van der Waals surface area contributed by atoms with Crippen molar-refractivity contribution in [2.45, 2.75) is 26.2 Å². The zero-order valence-electron chi connectivity index (χ0n) is 12.7. The Morgan fingerprint density at radius 1 is 1.19 bits per heavy atom. The van der Waals surface area contributed by atoms with Crippen LogP contribution in [0.15, 0.2) is 12.1 Å². The number of anilines is 1. The van der Waals surface area contributed by atoms with Gasteiger partial charge in [-0.25, -0.2) is 4.98 Å². The fraction of sp³-hybridized carbons (Fsp3) is 0.467. The highest BCUT2D eigenvalue weighted by Crippen LogP contribution is 2.33. The molecule has 2 N–H and O–H groups in total. The molecule has 0 fully saturated rings. The van der Waals surface area contributed by atoms with Crippen LogP contribution in [-0.4, -0.2) is 30.7 Å². The van der Waals surface area contributed by atoms with Gasteiger partial charge >= 0.3 is 0 Å². The van der Waals surface area contributed by atoms with Crippen LogP contribution in [0.1, 0.15) is 26.2 Å². The van der Waals surface area contributed by atoms with Gasteiger partial charge in [0.1, 0.15) is 5.82 Å². The summed E-state index contributed by atoms with van der Waals surface area (Å²) < 4.78 is 11.1. The molecule has 0 bridgehead atoms. The zero-order chi connectivity index (χ0) is 15.2. The molecule has 0 aliphatic rings. The van der Waals surface area contributed by atoms with Crippen molar-refractivity contribution in [2.24, 2.45) is 0 Å². The number of unbranched alkanes of at least 4 members (excludes halogenated alkanes) is 2. The average molecular weight is 307 g/mol. The molecule has 21 heavy (non-hydrogen) atoms. The third kappa shape index (κ3) is 3.64. The van der Waals surface area contributed by atoms with Crippen LogP contribution < -0.4 is 14.8 Å². The van der Waals surface area contributed by atoms with Gasteiger partial charge < -0.3 is 19.8 Å². The van der Waals surface area contributed by atoms with Crippen molar-refractivity contribution in [2.75, 3.05) is 26.1 Å². The van der Waals surface area contributed by atoms with Gasteiger partial charge in [-0.15, -0.1) is 0 Å². The van der Waals surface area contributed by atoms with Crippen molar-refractivity contribution < 1.29 is 9.47 Å². The number of aromatic amines is 1. The molecule has 2 aromatic rings. The lowest BCUT2D eigenvalue weighted by molar-refractivity contribution is 0.356. The van der Waals surface area contributed by atoms with Crippen molar-refractivity contribution in [3.05, 3.63) is 16.9 Å². The Labute approximate surface area is 129 Å². The number of H-pyrrole nitrogens is 1. The smallest absolute Gasteiger partial charge is 0.199 e. The lowest BCUT2D eigenvalue weighted by Gasteiger charge is -2.12. The molecule has 0 spiro atoms. The van der Waals surface area contributed by atoms with Crippen LogP contribution in [-0.2, 0) is 0 Å². The second kappa shape index (κ2) is 7.26. The first-order chi connectivity index (χ1) is 10.2. The first kappa shape index (κ1) is 15.6. The second-order valence-corrected chi connectivity index (χ2v) is 5.16. The summed E-state index contributed by atoms with van der Waals surface area (Å²) in [7, 11) is 3.24. The van der Waals surface area contributed by atoms with Gasteiger partial charge in [-0.1, -0.05) is 19.8 Å². The summed E-state index contributed by atoms with van der Waals surface area (Å²) in [5.41, 5.74) is 0.880. The number of nitrogens with one attached hydrogen (secondary N) is 2. The molecule has 0 radical (unpaired) electrons. The maximum atomic E-state index is 5.35. The number of ether oxygens (including phenoxy) is 2. The van der Waals surface area contributed by atoms with E-state index >= 15 is 0 Å². The van der Waals surface area contributed by atoms with E-state index in [1.54, 1.807) is 14.2 Å². The molecular formula is C15H21N3O2S. The average Bonchev–Trinajstić information content (AvgIpc) is 2.49. The molecule has 0 aliphatic heterocycles. The molecule has 114 valence electrons. The molecule has 0 saturated carbocycles. The van der Waals surface area contributed by atoms with Gasteiger partial charge in [-0.2, -0.15) is 0 Å². The lowest BCUT2D eigenvalue weighted by atomic mass is 10.2. The zero-order valence-corrected chi connectivity index (χ0v) is 13.5. The minimum atomic E-state index is 0.452. The summed E-state index contributed by atoms with van der Waals surface area (Å²) in [6.45, 7) is 3.06. The van der Waals surface area contributed by atoms with E-state index in [4.69, 9.17) is 21.7 Å². The highest BCUT2D eigenvalue weighted by atomic mass is 32.1. The van der Waals surface area contributed by atoms with Crippen LogP contribution >= 0.6 is 12.2 Å². The van der Waals surface area contributed by atoms with Crippen LogP contribution in [0.3, 0.4) is 0 Å². The molecule has 0 saturated heterocycles. The SMILES string of the molecule is CCCCCNc1nc(=S)[nH]c2cc(OC)c(OC)cc12. The summed E-state index contributed by atoms with van der Waals surface area (Å²) in [5, 5.41) is 4.30. The largest absolute Gasteiger partial charge is 0.493 e. The molecule has 0 unspecified atom stereocenters. The van der Waals surface area contributed by atoms with E-state index in [1.807, 2.05) is 12.1 Å². The van der Waals surface area contributed by atoms with Gasteiger partial charge in [0.15, 0.2) is 16.3 Å². The molecule has 0 atom stereocenters. The summed E-state index contributed by atoms with van der Waals surface area (Å²) in [4.78, 5) is 7.47. The number of rotatable bonds is 7. The van der Waals surface area contributed by atoms with E-state index in [9.17, 15) is 0 Å². The van der Waals surface area contributed by atoms with E-state index < -0.39 is 0 Å². The third-order valence-electron chi connectivity index (χ3n) is 3.31. The Morgan fingerprint density at radius 3 is 2.57 bits per heavy atom. The highest BCUT2D eigenvalue weighted by molar-refractivity contribution is 7.71. The molecule has 5 nitrogen and oxygen atoms in total. The first-order valence-electron chi connectivity index (χ1n) is 7.09. The molecule has 1 aromatic carbocycles. The van der Waals surface area contributed by atoms with Gasteiger partial charge in [0.05, 0.1) is 19.7 Å². The monoisotopic (exact) mass is 307 g/mol. The molecule has 1 heterocycles. The number of nitrogens with zero attached hydrogens (tertiary/aromatic N) is 1. The maximum absolute atomic E-state index is 5.35. The van der Waals surface area contributed by atoms with Crippen molar-refractivity contribution in [1.29, 1.82) is 0 Å². The van der Waals surface area contributed by atoms with Crippen LogP contribution in [0.4, 0.5) is 5.82 Å². The maximum Gasteiger partial charge on any atom is 0.199 e. The Hall–Kier alpha value is -1.82. The van der Waals surface area contributed by atoms with Gasteiger partial charge in [-0.3, -0.25) is 0 Å².